The maximum absolute atomic E-state index is 12.9. The average Bonchev–Trinajstić information content (AvgIpc) is 2.71. The number of nitrogens with zero attached hydrogens (tertiary/aromatic N) is 1. The van der Waals surface area contributed by atoms with Crippen LogP contribution < -0.4 is 10.5 Å². The van der Waals surface area contributed by atoms with Crippen molar-refractivity contribution < 1.29 is 13.5 Å². The van der Waals surface area contributed by atoms with Crippen molar-refractivity contribution in [2.45, 2.75) is 20.1 Å². The van der Waals surface area contributed by atoms with Crippen molar-refractivity contribution in [3.8, 4) is 5.75 Å². The number of halogens is 2. The lowest BCUT2D eigenvalue weighted by molar-refractivity contribution is 0.302. The van der Waals surface area contributed by atoms with E-state index in [9.17, 15) is 8.78 Å². The van der Waals surface area contributed by atoms with E-state index in [0.29, 0.717) is 6.54 Å². The number of thiazole rings is 1. The third-order valence-electron chi connectivity index (χ3n) is 2.38. The van der Waals surface area contributed by atoms with E-state index in [4.69, 9.17) is 10.5 Å². The Hall–Kier alpha value is -1.53. The van der Waals surface area contributed by atoms with Gasteiger partial charge in [-0.05, 0) is 19.1 Å². The maximum Gasteiger partial charge on any atom is 0.162 e. The SMILES string of the molecule is Cc1nc(COc2ccc(F)c(F)c2)sc1CN. The molecule has 2 rings (SSSR count). The van der Waals surface area contributed by atoms with Crippen molar-refractivity contribution in [3.63, 3.8) is 0 Å². The Kier molecular flexibility index (Phi) is 3.88. The van der Waals surface area contributed by atoms with Crippen LogP contribution in [0, 0.1) is 18.6 Å². The van der Waals surface area contributed by atoms with E-state index in [1.54, 1.807) is 0 Å². The number of benzene rings is 1. The lowest BCUT2D eigenvalue weighted by Crippen LogP contribution is -1.96. The van der Waals surface area contributed by atoms with Gasteiger partial charge >= 0.3 is 0 Å². The fourth-order valence-corrected chi connectivity index (χ4v) is 2.31. The molecule has 18 heavy (non-hydrogen) atoms. The molecule has 0 saturated carbocycles. The molecule has 0 unspecified atom stereocenters. The molecule has 6 heteroatoms. The van der Waals surface area contributed by atoms with E-state index >= 15 is 0 Å². The fraction of sp³-hybridized carbons (Fsp3) is 0.250. The van der Waals surface area contributed by atoms with Crippen molar-refractivity contribution in [1.29, 1.82) is 0 Å². The quantitative estimate of drug-likeness (QED) is 0.929. The summed E-state index contributed by atoms with van der Waals surface area (Å²) in [5.41, 5.74) is 6.43. The predicted molar refractivity (Wildman–Crippen MR) is 65.4 cm³/mol. The first-order valence-electron chi connectivity index (χ1n) is 5.33. The van der Waals surface area contributed by atoms with Crippen LogP contribution in [0.2, 0.25) is 0 Å². The summed E-state index contributed by atoms with van der Waals surface area (Å²) in [5, 5.41) is 0.762. The molecule has 96 valence electrons. The number of ether oxygens (including phenoxy) is 1. The molecule has 0 aliphatic rings. The van der Waals surface area contributed by atoms with Gasteiger partial charge in [0.25, 0.3) is 0 Å². The normalized spacial score (nSPS) is 10.7. The minimum atomic E-state index is -0.925. The first-order valence-corrected chi connectivity index (χ1v) is 6.15. The van der Waals surface area contributed by atoms with E-state index < -0.39 is 11.6 Å². The molecule has 2 N–H and O–H groups in total. The van der Waals surface area contributed by atoms with Gasteiger partial charge in [0, 0.05) is 17.5 Å². The Labute approximate surface area is 107 Å². The molecule has 0 aliphatic heterocycles. The highest BCUT2D eigenvalue weighted by molar-refractivity contribution is 7.11. The van der Waals surface area contributed by atoms with Crippen molar-refractivity contribution in [2.75, 3.05) is 0 Å². The van der Waals surface area contributed by atoms with Crippen LogP contribution in [0.3, 0.4) is 0 Å². The van der Waals surface area contributed by atoms with Crippen LogP contribution in [0.4, 0.5) is 8.78 Å². The molecule has 1 aromatic heterocycles. The second kappa shape index (κ2) is 5.41. The van der Waals surface area contributed by atoms with Gasteiger partial charge < -0.3 is 10.5 Å². The zero-order valence-electron chi connectivity index (χ0n) is 9.74. The van der Waals surface area contributed by atoms with E-state index in [1.807, 2.05) is 6.92 Å². The second-order valence-corrected chi connectivity index (χ2v) is 4.85. The zero-order chi connectivity index (χ0) is 13.1. The highest BCUT2D eigenvalue weighted by atomic mass is 32.1. The minimum absolute atomic E-state index is 0.219. The van der Waals surface area contributed by atoms with Crippen molar-refractivity contribution >= 4 is 11.3 Å². The second-order valence-electron chi connectivity index (χ2n) is 3.68. The molecular weight excluding hydrogens is 258 g/mol. The number of aromatic nitrogens is 1. The van der Waals surface area contributed by atoms with Crippen molar-refractivity contribution in [1.82, 2.24) is 4.98 Å². The summed E-state index contributed by atoms with van der Waals surface area (Å²) < 4.78 is 31.0. The third-order valence-corrected chi connectivity index (χ3v) is 3.53. The Morgan fingerprint density at radius 1 is 1.33 bits per heavy atom. The Morgan fingerprint density at radius 3 is 2.72 bits per heavy atom. The molecule has 0 saturated heterocycles. The molecule has 2 aromatic rings. The van der Waals surface area contributed by atoms with Gasteiger partial charge in [-0.2, -0.15) is 0 Å². The van der Waals surface area contributed by atoms with Crippen LogP contribution in [-0.2, 0) is 13.2 Å². The summed E-state index contributed by atoms with van der Waals surface area (Å²) in [6, 6.07) is 3.42. The fourth-order valence-electron chi connectivity index (χ4n) is 1.45. The van der Waals surface area contributed by atoms with Crippen LogP contribution in [0.25, 0.3) is 0 Å². The number of nitrogens with two attached hydrogens (primary N) is 1. The monoisotopic (exact) mass is 270 g/mol. The molecule has 0 fully saturated rings. The third kappa shape index (κ3) is 2.83. The van der Waals surface area contributed by atoms with Crippen LogP contribution in [0.5, 0.6) is 5.75 Å². The predicted octanol–water partition coefficient (Wildman–Crippen LogP) is 2.77. The molecule has 1 aromatic carbocycles. The van der Waals surface area contributed by atoms with Gasteiger partial charge in [0.2, 0.25) is 0 Å². The van der Waals surface area contributed by atoms with Crippen molar-refractivity contribution in [2.24, 2.45) is 5.73 Å². The summed E-state index contributed by atoms with van der Waals surface area (Å²) in [4.78, 5) is 5.28. The molecule has 0 radical (unpaired) electrons. The van der Waals surface area contributed by atoms with Gasteiger partial charge in [-0.15, -0.1) is 11.3 Å². The largest absolute Gasteiger partial charge is 0.486 e. The first-order chi connectivity index (χ1) is 8.60. The zero-order valence-corrected chi connectivity index (χ0v) is 10.6. The van der Waals surface area contributed by atoms with Gasteiger partial charge in [-0.3, -0.25) is 0 Å². The van der Waals surface area contributed by atoms with Crippen LogP contribution in [-0.4, -0.2) is 4.98 Å². The minimum Gasteiger partial charge on any atom is -0.486 e. The van der Waals surface area contributed by atoms with Gasteiger partial charge in [-0.1, -0.05) is 0 Å². The molecule has 3 nitrogen and oxygen atoms in total. The molecule has 1 heterocycles. The smallest absolute Gasteiger partial charge is 0.162 e. The summed E-state index contributed by atoms with van der Waals surface area (Å²) >= 11 is 1.46. The number of aryl methyl sites for hydroxylation is 1. The summed E-state index contributed by atoms with van der Waals surface area (Å²) in [6.07, 6.45) is 0. The molecule has 0 spiro atoms. The Morgan fingerprint density at radius 2 is 2.11 bits per heavy atom. The first kappa shape index (κ1) is 12.9. The number of rotatable bonds is 4. The summed E-state index contributed by atoms with van der Waals surface area (Å²) in [5.74, 6) is -1.54. The molecule has 0 amide bonds. The lowest BCUT2D eigenvalue weighted by Gasteiger charge is -2.03. The van der Waals surface area contributed by atoms with Crippen LogP contribution >= 0.6 is 11.3 Å². The lowest BCUT2D eigenvalue weighted by atomic mass is 10.3. The van der Waals surface area contributed by atoms with Crippen LogP contribution in [0.1, 0.15) is 15.6 Å². The van der Waals surface area contributed by atoms with E-state index in [2.05, 4.69) is 4.98 Å². The van der Waals surface area contributed by atoms with Gasteiger partial charge in [0.1, 0.15) is 17.4 Å². The standard InChI is InChI=1S/C12H12F2N2OS/c1-7-11(5-15)18-12(16-7)6-17-8-2-3-9(13)10(14)4-8/h2-4H,5-6,15H2,1H3. The van der Waals surface area contributed by atoms with E-state index in [0.717, 1.165) is 27.7 Å². The highest BCUT2D eigenvalue weighted by Crippen LogP contribution is 2.20. The van der Waals surface area contributed by atoms with E-state index in [-0.39, 0.29) is 12.4 Å². The van der Waals surface area contributed by atoms with Gasteiger partial charge in [0.15, 0.2) is 11.6 Å². The van der Waals surface area contributed by atoms with Crippen LogP contribution in [0.15, 0.2) is 18.2 Å². The van der Waals surface area contributed by atoms with Gasteiger partial charge in [-0.25, -0.2) is 13.8 Å². The Balaban J connectivity index is 2.04. The molecular formula is C12H12F2N2OS. The summed E-state index contributed by atoms with van der Waals surface area (Å²) in [6.45, 7) is 2.53. The average molecular weight is 270 g/mol. The number of hydrogen-bond donors (Lipinski definition) is 1. The molecule has 0 atom stereocenters. The highest BCUT2D eigenvalue weighted by Gasteiger charge is 2.08. The van der Waals surface area contributed by atoms with E-state index in [1.165, 1.54) is 17.4 Å². The maximum atomic E-state index is 12.9. The Bertz CT molecular complexity index is 557. The topological polar surface area (TPSA) is 48.1 Å². The summed E-state index contributed by atoms with van der Waals surface area (Å²) in [7, 11) is 0. The number of hydrogen-bond acceptors (Lipinski definition) is 4. The molecule has 0 bridgehead atoms. The van der Waals surface area contributed by atoms with Crippen molar-refractivity contribution in [3.05, 3.63) is 45.4 Å². The molecule has 0 aliphatic carbocycles. The van der Waals surface area contributed by atoms with Gasteiger partial charge in [0.05, 0.1) is 5.69 Å².